The lowest BCUT2D eigenvalue weighted by atomic mass is 9.89. The van der Waals surface area contributed by atoms with Crippen molar-refractivity contribution in [2.45, 2.75) is 44.2 Å². The van der Waals surface area contributed by atoms with E-state index in [9.17, 15) is 4.79 Å². The van der Waals surface area contributed by atoms with Gasteiger partial charge in [-0.05, 0) is 42.2 Å². The van der Waals surface area contributed by atoms with Gasteiger partial charge in [-0.2, -0.15) is 0 Å². The number of nitrogens with zero attached hydrogens (tertiary/aromatic N) is 2. The lowest BCUT2D eigenvalue weighted by molar-refractivity contribution is -0.140. The molecule has 2 aliphatic rings. The first-order valence-electron chi connectivity index (χ1n) is 9.03. The van der Waals surface area contributed by atoms with E-state index in [0.29, 0.717) is 18.4 Å². The van der Waals surface area contributed by atoms with Crippen molar-refractivity contribution in [2.24, 2.45) is 0 Å². The van der Waals surface area contributed by atoms with Crippen LogP contribution in [-0.4, -0.2) is 35.5 Å². The summed E-state index contributed by atoms with van der Waals surface area (Å²) in [6, 6.07) is 9.16. The Morgan fingerprint density at radius 3 is 2.56 bits per heavy atom. The predicted octanol–water partition coefficient (Wildman–Crippen LogP) is 5.18. The van der Waals surface area contributed by atoms with Gasteiger partial charge in [-0.3, -0.25) is 4.79 Å². The van der Waals surface area contributed by atoms with Crippen molar-refractivity contribution in [3.05, 3.63) is 47.7 Å². The highest BCUT2D eigenvalue weighted by Gasteiger charge is 2.60. The normalized spacial score (nSPS) is 27.4. The first kappa shape index (κ1) is 17.0. The van der Waals surface area contributed by atoms with Crippen molar-refractivity contribution < 1.29 is 4.79 Å². The first-order chi connectivity index (χ1) is 12.1. The van der Waals surface area contributed by atoms with Crippen LogP contribution in [0.4, 0.5) is 10.0 Å². The van der Waals surface area contributed by atoms with E-state index in [1.54, 1.807) is 0 Å². The molecule has 0 aromatic carbocycles. The summed E-state index contributed by atoms with van der Waals surface area (Å²) in [5, 5.41) is 7.14. The van der Waals surface area contributed by atoms with Crippen LogP contribution >= 0.6 is 22.7 Å². The summed E-state index contributed by atoms with van der Waals surface area (Å²) < 4.78 is 0.890. The van der Waals surface area contributed by atoms with Crippen LogP contribution in [0.2, 0.25) is 0 Å². The molecule has 25 heavy (non-hydrogen) atoms. The molecular formula is C20H25N2OS2+. The number of piperazine rings is 1. The average Bonchev–Trinajstić information content (AvgIpc) is 3.35. The van der Waals surface area contributed by atoms with Gasteiger partial charge in [0.15, 0.2) is 10.0 Å². The zero-order valence-electron chi connectivity index (χ0n) is 14.7. The molecule has 0 saturated carbocycles. The largest absolute Gasteiger partial charge is 0.322 e. The highest BCUT2D eigenvalue weighted by molar-refractivity contribution is 7.16. The van der Waals surface area contributed by atoms with Gasteiger partial charge in [-0.15, -0.1) is 6.58 Å². The molecule has 2 aromatic heterocycles. The van der Waals surface area contributed by atoms with Crippen LogP contribution < -0.4 is 4.48 Å². The van der Waals surface area contributed by atoms with Crippen LogP contribution in [0.25, 0.3) is 0 Å². The topological polar surface area (TPSA) is 20.3 Å². The van der Waals surface area contributed by atoms with E-state index >= 15 is 0 Å². The molecular weight excluding hydrogens is 348 g/mol. The fraction of sp³-hybridized carbons (Fsp3) is 0.450. The predicted molar refractivity (Wildman–Crippen MR) is 108 cm³/mol. The Kier molecular flexibility index (Phi) is 4.34. The molecule has 0 N–H and O–H groups in total. The van der Waals surface area contributed by atoms with Gasteiger partial charge < -0.3 is 4.90 Å². The van der Waals surface area contributed by atoms with Gasteiger partial charge in [-0.25, -0.2) is 4.48 Å². The molecule has 0 aliphatic carbocycles. The second-order valence-corrected chi connectivity index (χ2v) is 9.09. The van der Waals surface area contributed by atoms with Crippen molar-refractivity contribution in [3.63, 3.8) is 0 Å². The van der Waals surface area contributed by atoms with E-state index in [-0.39, 0.29) is 5.54 Å². The first-order valence-corrected chi connectivity index (χ1v) is 10.8. The van der Waals surface area contributed by atoms with Gasteiger partial charge in [0, 0.05) is 18.6 Å². The van der Waals surface area contributed by atoms with E-state index in [4.69, 9.17) is 0 Å². The second-order valence-electron chi connectivity index (χ2n) is 7.24. The highest BCUT2D eigenvalue weighted by Crippen LogP contribution is 2.52. The summed E-state index contributed by atoms with van der Waals surface area (Å²) >= 11 is 3.68. The van der Waals surface area contributed by atoms with E-state index in [1.165, 1.54) is 10.0 Å². The summed E-state index contributed by atoms with van der Waals surface area (Å²) in [7, 11) is 0. The van der Waals surface area contributed by atoms with Gasteiger partial charge in [0.05, 0.1) is 11.6 Å². The van der Waals surface area contributed by atoms with Crippen molar-refractivity contribution in [3.8, 4) is 0 Å². The molecule has 2 unspecified atom stereocenters. The smallest absolute Gasteiger partial charge is 0.223 e. The summed E-state index contributed by atoms with van der Waals surface area (Å²) in [6.07, 6.45) is 5.68. The molecule has 2 atom stereocenters. The molecule has 2 saturated heterocycles. The Morgan fingerprint density at radius 2 is 2.04 bits per heavy atom. The number of quaternary nitrogens is 1. The Morgan fingerprint density at radius 1 is 1.36 bits per heavy atom. The zero-order chi connectivity index (χ0) is 17.5. The summed E-state index contributed by atoms with van der Waals surface area (Å²) in [5.74, 6) is 0.305. The molecule has 2 aromatic rings. The number of hydrogen-bond donors (Lipinski definition) is 0. The quantitative estimate of drug-likeness (QED) is 0.522. The monoisotopic (exact) mass is 373 g/mol. The molecule has 4 heterocycles. The fourth-order valence-electron chi connectivity index (χ4n) is 4.97. The number of thiophene rings is 2. The minimum absolute atomic E-state index is 0.0915. The second kappa shape index (κ2) is 6.38. The van der Waals surface area contributed by atoms with Gasteiger partial charge in [0.2, 0.25) is 5.91 Å². The molecule has 3 nitrogen and oxygen atoms in total. The van der Waals surface area contributed by atoms with Crippen molar-refractivity contribution >= 4 is 38.6 Å². The molecule has 4 rings (SSSR count). The third-order valence-corrected chi connectivity index (χ3v) is 7.90. The van der Waals surface area contributed by atoms with Gasteiger partial charge in [-0.1, -0.05) is 35.7 Å². The third kappa shape index (κ3) is 2.52. The average molecular weight is 374 g/mol. The van der Waals surface area contributed by atoms with Gasteiger partial charge in [0.25, 0.3) is 0 Å². The van der Waals surface area contributed by atoms with Crippen molar-refractivity contribution in [1.29, 1.82) is 0 Å². The standard InChI is InChI=1S/C20H25N2OS2/c1-3-10-20-11-9-16(21(20)17(23)4-2)14-22(15-20,18-7-5-12-24-18)19-8-6-13-25-19/h3,5-8,12-13,16H,1,4,9-11,14-15H2,2H3/q+1. The molecule has 132 valence electrons. The number of amides is 1. The molecule has 0 spiro atoms. The van der Waals surface area contributed by atoms with Crippen molar-refractivity contribution in [1.82, 2.24) is 9.38 Å². The van der Waals surface area contributed by atoms with Gasteiger partial charge >= 0.3 is 0 Å². The summed E-state index contributed by atoms with van der Waals surface area (Å²) in [5.41, 5.74) is -0.0915. The van der Waals surface area contributed by atoms with Crippen molar-refractivity contribution in [2.75, 3.05) is 13.1 Å². The Bertz CT molecular complexity index is 719. The minimum atomic E-state index is -0.0915. The summed E-state index contributed by atoms with van der Waals surface area (Å²) in [4.78, 5) is 15.0. The maximum atomic E-state index is 12.8. The Hall–Kier alpha value is -1.43. The molecule has 2 fully saturated rings. The van der Waals surface area contributed by atoms with E-state index in [2.05, 4.69) is 46.5 Å². The third-order valence-electron chi connectivity index (χ3n) is 5.86. The van der Waals surface area contributed by atoms with Crippen LogP contribution in [0.5, 0.6) is 0 Å². The van der Waals surface area contributed by atoms with Crippen LogP contribution in [-0.2, 0) is 4.79 Å². The zero-order valence-corrected chi connectivity index (χ0v) is 16.3. The van der Waals surface area contributed by atoms with Crippen LogP contribution in [0.1, 0.15) is 32.6 Å². The van der Waals surface area contributed by atoms with E-state index < -0.39 is 0 Å². The minimum Gasteiger partial charge on any atom is -0.322 e. The number of carbonyl (C=O) groups is 1. The summed E-state index contributed by atoms with van der Waals surface area (Å²) in [6.45, 7) is 7.96. The van der Waals surface area contributed by atoms with Crippen LogP contribution in [0, 0.1) is 0 Å². The van der Waals surface area contributed by atoms with Crippen LogP contribution in [0.3, 0.4) is 0 Å². The maximum Gasteiger partial charge on any atom is 0.223 e. The number of rotatable bonds is 5. The maximum absolute atomic E-state index is 12.8. The number of hydrogen-bond acceptors (Lipinski definition) is 3. The molecule has 1 amide bonds. The lowest BCUT2D eigenvalue weighted by Gasteiger charge is -2.52. The van der Waals surface area contributed by atoms with E-state index in [1.807, 2.05) is 35.7 Å². The molecule has 0 radical (unpaired) electrons. The molecule has 2 aliphatic heterocycles. The van der Waals surface area contributed by atoms with Gasteiger partial charge in [0.1, 0.15) is 13.1 Å². The van der Waals surface area contributed by atoms with E-state index in [0.717, 1.165) is 36.8 Å². The Balaban J connectivity index is 1.84. The number of carbonyl (C=O) groups excluding carboxylic acids is 1. The molecule has 2 bridgehead atoms. The fourth-order valence-corrected chi connectivity index (χ4v) is 6.81. The molecule has 5 heteroatoms. The highest BCUT2D eigenvalue weighted by atomic mass is 32.1. The Labute approximate surface area is 157 Å². The SMILES string of the molecule is C=CCC12CCC(C[N+](c3cccs3)(c3cccs3)C1)N2C(=O)CC. The van der Waals surface area contributed by atoms with Crippen LogP contribution in [0.15, 0.2) is 47.7 Å². The number of fused-ring (bicyclic) bond motifs is 2. The lowest BCUT2D eigenvalue weighted by Crippen LogP contribution is -2.69.